The van der Waals surface area contributed by atoms with E-state index < -0.39 is 0 Å². The van der Waals surface area contributed by atoms with Crippen LogP contribution >= 0.6 is 15.9 Å². The molecule has 0 aliphatic carbocycles. The molecule has 0 bridgehead atoms. The number of benzene rings is 1. The number of ether oxygens (including phenoxy) is 1. The van der Waals surface area contributed by atoms with E-state index in [0.29, 0.717) is 0 Å². The third-order valence-electron chi connectivity index (χ3n) is 1.83. The van der Waals surface area contributed by atoms with E-state index >= 15 is 0 Å². The fourth-order valence-electron chi connectivity index (χ4n) is 1.09. The van der Waals surface area contributed by atoms with E-state index in [-0.39, 0.29) is 0 Å². The van der Waals surface area contributed by atoms with Crippen molar-refractivity contribution in [2.24, 2.45) is 0 Å². The number of halogens is 1. The summed E-state index contributed by atoms with van der Waals surface area (Å²) in [7, 11) is 1.66. The zero-order valence-electron chi connectivity index (χ0n) is 8.22. The number of anilines is 1. The van der Waals surface area contributed by atoms with Crippen molar-refractivity contribution in [3.05, 3.63) is 35.3 Å². The zero-order valence-corrected chi connectivity index (χ0v) is 9.80. The maximum Gasteiger partial charge on any atom is 0.133 e. The van der Waals surface area contributed by atoms with Gasteiger partial charge in [-0.25, -0.2) is 0 Å². The molecule has 0 heterocycles. The van der Waals surface area contributed by atoms with E-state index in [0.717, 1.165) is 28.9 Å². The van der Waals surface area contributed by atoms with Gasteiger partial charge in [-0.2, -0.15) is 0 Å². The summed E-state index contributed by atoms with van der Waals surface area (Å²) in [6, 6.07) is 5.93. The van der Waals surface area contributed by atoms with Crippen LogP contribution in [0.3, 0.4) is 0 Å². The van der Waals surface area contributed by atoms with Crippen LogP contribution < -0.4 is 10.1 Å². The molecule has 1 aromatic carbocycles. The number of hydrogen-bond acceptors (Lipinski definition) is 2. The minimum absolute atomic E-state index is 0.847. The van der Waals surface area contributed by atoms with Gasteiger partial charge in [-0.05, 0) is 40.5 Å². The summed E-state index contributed by atoms with van der Waals surface area (Å²) in [5, 5.41) is 3.28. The van der Waals surface area contributed by atoms with Crippen LogP contribution in [-0.4, -0.2) is 13.7 Å². The predicted octanol–water partition coefficient (Wildman–Crippen LogP) is 3.45. The van der Waals surface area contributed by atoms with Crippen molar-refractivity contribution < 1.29 is 4.74 Å². The predicted molar refractivity (Wildman–Crippen MR) is 64.0 cm³/mol. The molecule has 0 aliphatic rings. The van der Waals surface area contributed by atoms with Crippen LogP contribution in [0.4, 0.5) is 5.69 Å². The molecule has 1 N–H and O–H groups in total. The largest absolute Gasteiger partial charge is 0.496 e. The Hall–Kier alpha value is -0.960. The van der Waals surface area contributed by atoms with Gasteiger partial charge in [-0.15, -0.1) is 6.58 Å². The topological polar surface area (TPSA) is 21.3 Å². The Morgan fingerprint density at radius 3 is 2.93 bits per heavy atom. The fraction of sp³-hybridized carbons (Fsp3) is 0.273. The monoisotopic (exact) mass is 255 g/mol. The lowest BCUT2D eigenvalue weighted by atomic mass is 10.3. The lowest BCUT2D eigenvalue weighted by Crippen LogP contribution is -1.99. The van der Waals surface area contributed by atoms with Gasteiger partial charge in [0.2, 0.25) is 0 Å². The first-order valence-corrected chi connectivity index (χ1v) is 5.25. The SMILES string of the molecule is C=CCCNc1ccc(OC)c(Br)c1. The Labute approximate surface area is 93.1 Å². The van der Waals surface area contributed by atoms with Gasteiger partial charge in [0.25, 0.3) is 0 Å². The fourth-order valence-corrected chi connectivity index (χ4v) is 1.64. The van der Waals surface area contributed by atoms with Gasteiger partial charge in [-0.1, -0.05) is 6.08 Å². The summed E-state index contributed by atoms with van der Waals surface area (Å²) in [6.07, 6.45) is 2.86. The van der Waals surface area contributed by atoms with Crippen LogP contribution in [0, 0.1) is 0 Å². The maximum atomic E-state index is 5.13. The van der Waals surface area contributed by atoms with Gasteiger partial charge >= 0.3 is 0 Å². The third-order valence-corrected chi connectivity index (χ3v) is 2.45. The molecule has 0 radical (unpaired) electrons. The zero-order chi connectivity index (χ0) is 10.4. The van der Waals surface area contributed by atoms with Crippen molar-refractivity contribution >= 4 is 21.6 Å². The van der Waals surface area contributed by atoms with Gasteiger partial charge < -0.3 is 10.1 Å². The number of nitrogens with one attached hydrogen (secondary N) is 1. The molecule has 0 fully saturated rings. The molecule has 0 spiro atoms. The summed E-state index contributed by atoms with van der Waals surface area (Å²) in [5.74, 6) is 0.847. The van der Waals surface area contributed by atoms with E-state index in [2.05, 4.69) is 27.8 Å². The van der Waals surface area contributed by atoms with Crippen LogP contribution in [0.2, 0.25) is 0 Å². The number of methoxy groups -OCH3 is 1. The molecule has 0 aliphatic heterocycles. The average Bonchev–Trinajstić information content (AvgIpc) is 2.18. The highest BCUT2D eigenvalue weighted by atomic mass is 79.9. The molecule has 0 saturated heterocycles. The molecule has 3 heteroatoms. The minimum atomic E-state index is 0.847. The van der Waals surface area contributed by atoms with Gasteiger partial charge in [0, 0.05) is 12.2 Å². The minimum Gasteiger partial charge on any atom is -0.496 e. The second-order valence-corrected chi connectivity index (χ2v) is 3.71. The van der Waals surface area contributed by atoms with Crippen LogP contribution in [-0.2, 0) is 0 Å². The van der Waals surface area contributed by atoms with Gasteiger partial charge in [-0.3, -0.25) is 0 Å². The van der Waals surface area contributed by atoms with Crippen LogP contribution in [0.25, 0.3) is 0 Å². The highest BCUT2D eigenvalue weighted by Crippen LogP contribution is 2.27. The first-order chi connectivity index (χ1) is 6.77. The number of hydrogen-bond donors (Lipinski definition) is 1. The second-order valence-electron chi connectivity index (χ2n) is 2.85. The summed E-state index contributed by atoms with van der Waals surface area (Å²) in [6.45, 7) is 4.57. The lowest BCUT2D eigenvalue weighted by molar-refractivity contribution is 0.412. The summed E-state index contributed by atoms with van der Waals surface area (Å²) in [4.78, 5) is 0. The van der Waals surface area contributed by atoms with Gasteiger partial charge in [0.15, 0.2) is 0 Å². The average molecular weight is 256 g/mol. The molecule has 1 aromatic rings. The van der Waals surface area contributed by atoms with Crippen molar-refractivity contribution in [3.63, 3.8) is 0 Å². The van der Waals surface area contributed by atoms with Crippen LogP contribution in [0.5, 0.6) is 5.75 Å². The summed E-state index contributed by atoms with van der Waals surface area (Å²) < 4.78 is 6.10. The molecule has 0 aromatic heterocycles. The van der Waals surface area contributed by atoms with E-state index in [1.54, 1.807) is 7.11 Å². The molecule has 14 heavy (non-hydrogen) atoms. The Morgan fingerprint density at radius 1 is 1.57 bits per heavy atom. The molecule has 1 rings (SSSR count). The Morgan fingerprint density at radius 2 is 2.36 bits per heavy atom. The Balaban J connectivity index is 2.61. The first kappa shape index (κ1) is 11.1. The normalized spacial score (nSPS) is 9.57. The molecule has 0 saturated carbocycles. The summed E-state index contributed by atoms with van der Waals surface area (Å²) in [5.41, 5.74) is 1.08. The molecule has 76 valence electrons. The quantitative estimate of drug-likeness (QED) is 0.643. The van der Waals surface area contributed by atoms with Gasteiger partial charge in [0.05, 0.1) is 11.6 Å². The van der Waals surface area contributed by atoms with Crippen molar-refractivity contribution in [2.45, 2.75) is 6.42 Å². The highest BCUT2D eigenvalue weighted by Gasteiger charge is 1.99. The number of rotatable bonds is 5. The van der Waals surface area contributed by atoms with E-state index in [4.69, 9.17) is 4.74 Å². The standard InChI is InChI=1S/C11H14BrNO/c1-3-4-7-13-9-5-6-11(14-2)10(12)8-9/h3,5-6,8,13H,1,4,7H2,2H3. The summed E-state index contributed by atoms with van der Waals surface area (Å²) >= 11 is 3.43. The molecule has 0 amide bonds. The van der Waals surface area contributed by atoms with Crippen molar-refractivity contribution in [1.29, 1.82) is 0 Å². The lowest BCUT2D eigenvalue weighted by Gasteiger charge is -2.07. The smallest absolute Gasteiger partial charge is 0.133 e. The van der Waals surface area contributed by atoms with Crippen molar-refractivity contribution in [1.82, 2.24) is 0 Å². The third kappa shape index (κ3) is 3.07. The molecule has 0 unspecified atom stereocenters. The van der Waals surface area contributed by atoms with Gasteiger partial charge in [0.1, 0.15) is 5.75 Å². The van der Waals surface area contributed by atoms with Crippen LogP contribution in [0.1, 0.15) is 6.42 Å². The first-order valence-electron chi connectivity index (χ1n) is 4.46. The molecule has 0 atom stereocenters. The van der Waals surface area contributed by atoms with E-state index in [1.165, 1.54) is 0 Å². The molecular formula is C11H14BrNO. The Kier molecular flexibility index (Phi) is 4.53. The van der Waals surface area contributed by atoms with Crippen LogP contribution in [0.15, 0.2) is 35.3 Å². The highest BCUT2D eigenvalue weighted by molar-refractivity contribution is 9.10. The molecular weight excluding hydrogens is 242 g/mol. The molecule has 2 nitrogen and oxygen atoms in total. The van der Waals surface area contributed by atoms with Crippen molar-refractivity contribution in [2.75, 3.05) is 19.0 Å². The Bertz CT molecular complexity index is 312. The maximum absolute atomic E-state index is 5.13. The van der Waals surface area contributed by atoms with Crippen molar-refractivity contribution in [3.8, 4) is 5.75 Å². The van der Waals surface area contributed by atoms with E-state index in [1.807, 2.05) is 24.3 Å². The second kappa shape index (κ2) is 5.70. The van der Waals surface area contributed by atoms with E-state index in [9.17, 15) is 0 Å².